The molecule has 0 saturated carbocycles. The van der Waals surface area contributed by atoms with E-state index in [1.807, 2.05) is 0 Å². The van der Waals surface area contributed by atoms with Crippen LogP contribution >= 0.6 is 0 Å². The van der Waals surface area contributed by atoms with Gasteiger partial charge in [-0.3, -0.25) is 0 Å². The van der Waals surface area contributed by atoms with Crippen LogP contribution in [0.4, 0.5) is 0 Å². The van der Waals surface area contributed by atoms with E-state index < -0.39 is 0 Å². The Morgan fingerprint density at radius 2 is 2.50 bits per heavy atom. The molecule has 0 aromatic carbocycles. The quantitative estimate of drug-likeness (QED) is 0.474. The summed E-state index contributed by atoms with van der Waals surface area (Å²) in [5.41, 5.74) is 5.83. The molecular weight excluding hydrogens is 76.1 g/mol. The molecule has 1 heterocycles. The molecule has 1 aliphatic rings. The van der Waals surface area contributed by atoms with E-state index in [1.165, 1.54) is 6.20 Å². The molecule has 2 N–H and O–H groups in total. The number of allylic oxidation sites excluding steroid dienone is 1. The molecule has 0 radical (unpaired) electrons. The van der Waals surface area contributed by atoms with Gasteiger partial charge in [0, 0.05) is 5.87 Å². The maximum atomic E-state index is 4.97. The summed E-state index contributed by atoms with van der Waals surface area (Å²) in [5.74, 6) is 2.61. The minimum absolute atomic E-state index is 0.859. The van der Waals surface area contributed by atoms with E-state index in [4.69, 9.17) is 5.73 Å². The van der Waals surface area contributed by atoms with Crippen molar-refractivity contribution in [3.05, 3.63) is 18.0 Å². The van der Waals surface area contributed by atoms with E-state index in [2.05, 4.69) is 10.9 Å². The standard InChI is InChI=1S/C4H4N2/c5-2-1-4-3-6-4/h1-2H,5H2/b2-1+. The molecule has 0 atom stereocenters. The van der Waals surface area contributed by atoms with Crippen LogP contribution in [0.2, 0.25) is 0 Å². The van der Waals surface area contributed by atoms with Crippen molar-refractivity contribution in [2.75, 3.05) is 0 Å². The van der Waals surface area contributed by atoms with Gasteiger partial charge in [0.1, 0.15) is 5.70 Å². The van der Waals surface area contributed by atoms with E-state index >= 15 is 0 Å². The monoisotopic (exact) mass is 80.0 g/mol. The van der Waals surface area contributed by atoms with Crippen LogP contribution in [0.15, 0.2) is 23.0 Å². The van der Waals surface area contributed by atoms with Crippen molar-refractivity contribution in [3.63, 3.8) is 0 Å². The Balaban J connectivity index is 2.38. The summed E-state index contributed by atoms with van der Waals surface area (Å²) < 4.78 is 0. The first-order valence-corrected chi connectivity index (χ1v) is 1.65. The summed E-state index contributed by atoms with van der Waals surface area (Å²) in [5, 5.41) is 0. The summed E-state index contributed by atoms with van der Waals surface area (Å²) in [6.07, 6.45) is 3.14. The van der Waals surface area contributed by atoms with Gasteiger partial charge >= 0.3 is 0 Å². The second kappa shape index (κ2) is 0.994. The fourth-order valence-electron chi connectivity index (χ4n) is 0.198. The zero-order valence-electron chi connectivity index (χ0n) is 3.18. The van der Waals surface area contributed by atoms with E-state index in [9.17, 15) is 0 Å². The van der Waals surface area contributed by atoms with Crippen molar-refractivity contribution < 1.29 is 0 Å². The van der Waals surface area contributed by atoms with E-state index in [1.54, 1.807) is 6.08 Å². The third-order valence-corrected chi connectivity index (χ3v) is 0.495. The summed E-state index contributed by atoms with van der Waals surface area (Å²) >= 11 is 0. The van der Waals surface area contributed by atoms with Gasteiger partial charge in [-0.1, -0.05) is 0 Å². The highest BCUT2D eigenvalue weighted by Gasteiger charge is 1.91. The van der Waals surface area contributed by atoms with Crippen molar-refractivity contribution in [3.8, 4) is 0 Å². The Kier molecular flexibility index (Phi) is 0.529. The fraction of sp³-hybridized carbons (Fsp3) is 0. The van der Waals surface area contributed by atoms with Gasteiger partial charge in [-0.15, -0.1) is 0 Å². The van der Waals surface area contributed by atoms with Gasteiger partial charge in [0.05, 0.1) is 0 Å². The van der Waals surface area contributed by atoms with Crippen molar-refractivity contribution in [2.45, 2.75) is 0 Å². The molecular formula is C4H4N2. The minimum Gasteiger partial charge on any atom is -0.405 e. The molecule has 0 fully saturated rings. The second-order valence-electron chi connectivity index (χ2n) is 0.968. The fourth-order valence-corrected chi connectivity index (χ4v) is 0.198. The smallest absolute Gasteiger partial charge is 0.136 e. The maximum absolute atomic E-state index is 4.97. The Morgan fingerprint density at radius 1 is 1.83 bits per heavy atom. The second-order valence-corrected chi connectivity index (χ2v) is 0.968. The Labute approximate surface area is 35.7 Å². The zero-order valence-corrected chi connectivity index (χ0v) is 3.18. The number of nitrogens with two attached hydrogens (primary N) is 1. The molecule has 0 aromatic rings. The Bertz CT molecular complexity index is 138. The predicted octanol–water partition coefficient (Wildman–Crippen LogP) is 0.0260. The number of nitrogens with zero attached hydrogens (tertiary/aromatic N) is 1. The predicted molar refractivity (Wildman–Crippen MR) is 24.3 cm³/mol. The third kappa shape index (κ3) is 0.476. The molecule has 6 heavy (non-hydrogen) atoms. The summed E-state index contributed by atoms with van der Waals surface area (Å²) in [4.78, 5) is 3.59. The average molecular weight is 80.1 g/mol. The van der Waals surface area contributed by atoms with Gasteiger partial charge in [-0.25, -0.2) is 0 Å². The molecule has 0 saturated heterocycles. The summed E-state index contributed by atoms with van der Waals surface area (Å²) in [7, 11) is 0. The van der Waals surface area contributed by atoms with E-state index in [0.29, 0.717) is 0 Å². The molecule has 0 aromatic heterocycles. The molecule has 0 spiro atoms. The highest BCUT2D eigenvalue weighted by molar-refractivity contribution is 5.75. The molecule has 30 valence electrons. The third-order valence-electron chi connectivity index (χ3n) is 0.495. The first kappa shape index (κ1) is 3.19. The number of aliphatic imine (C=N–C) groups is 1. The highest BCUT2D eigenvalue weighted by atomic mass is 14.8. The highest BCUT2D eigenvalue weighted by Crippen LogP contribution is 1.99. The van der Waals surface area contributed by atoms with Crippen LogP contribution in [0.5, 0.6) is 0 Å². The average Bonchev–Trinajstić information content (AvgIpc) is 2.21. The molecule has 0 aliphatic carbocycles. The SMILES string of the molecule is N/C=C/C1=C=N1. The number of rotatable bonds is 1. The molecule has 0 unspecified atom stereocenters. The van der Waals surface area contributed by atoms with Crippen molar-refractivity contribution in [2.24, 2.45) is 10.7 Å². The van der Waals surface area contributed by atoms with Crippen LogP contribution in [0.1, 0.15) is 0 Å². The topological polar surface area (TPSA) is 38.4 Å². The Hall–Kier alpha value is -1.01. The zero-order chi connectivity index (χ0) is 4.41. The molecule has 0 amide bonds. The lowest BCUT2D eigenvalue weighted by Gasteiger charge is -1.62. The van der Waals surface area contributed by atoms with Crippen LogP contribution in [0.3, 0.4) is 0 Å². The van der Waals surface area contributed by atoms with Crippen molar-refractivity contribution >= 4 is 5.87 Å². The Morgan fingerprint density at radius 3 is 2.67 bits per heavy atom. The van der Waals surface area contributed by atoms with Crippen LogP contribution in [-0.4, -0.2) is 5.87 Å². The summed E-state index contributed by atoms with van der Waals surface area (Å²) in [6.45, 7) is 0. The first-order chi connectivity index (χ1) is 2.93. The van der Waals surface area contributed by atoms with Crippen molar-refractivity contribution in [1.29, 1.82) is 0 Å². The van der Waals surface area contributed by atoms with Crippen LogP contribution in [0.25, 0.3) is 0 Å². The number of hydrogen-bond acceptors (Lipinski definition) is 2. The lowest BCUT2D eigenvalue weighted by Crippen LogP contribution is -1.72. The molecule has 2 nitrogen and oxygen atoms in total. The van der Waals surface area contributed by atoms with Crippen molar-refractivity contribution in [1.82, 2.24) is 0 Å². The van der Waals surface area contributed by atoms with Crippen LogP contribution < -0.4 is 5.73 Å². The lowest BCUT2D eigenvalue weighted by molar-refractivity contribution is 1.53. The number of hydrogen-bond donors (Lipinski definition) is 1. The lowest BCUT2D eigenvalue weighted by atomic mass is 10.6. The largest absolute Gasteiger partial charge is 0.405 e. The maximum Gasteiger partial charge on any atom is 0.136 e. The van der Waals surface area contributed by atoms with Gasteiger partial charge in [0.15, 0.2) is 0 Å². The van der Waals surface area contributed by atoms with Gasteiger partial charge < -0.3 is 5.73 Å². The summed E-state index contributed by atoms with van der Waals surface area (Å²) in [6, 6.07) is 0. The molecule has 1 rings (SSSR count). The van der Waals surface area contributed by atoms with E-state index in [0.717, 1.165) is 5.70 Å². The van der Waals surface area contributed by atoms with Gasteiger partial charge in [-0.05, 0) is 12.3 Å². The van der Waals surface area contributed by atoms with Gasteiger partial charge in [0.25, 0.3) is 0 Å². The molecule has 2 heteroatoms. The van der Waals surface area contributed by atoms with Crippen LogP contribution in [-0.2, 0) is 0 Å². The minimum atomic E-state index is 0.859. The van der Waals surface area contributed by atoms with Crippen LogP contribution in [0, 0.1) is 0 Å². The molecule has 1 aliphatic heterocycles. The van der Waals surface area contributed by atoms with E-state index in [-0.39, 0.29) is 0 Å². The normalized spacial score (nSPS) is 15.7. The van der Waals surface area contributed by atoms with Gasteiger partial charge in [0.2, 0.25) is 0 Å². The first-order valence-electron chi connectivity index (χ1n) is 1.65. The van der Waals surface area contributed by atoms with Gasteiger partial charge in [-0.2, -0.15) is 4.99 Å². The molecule has 0 bridgehead atoms.